The molecule has 1 aliphatic heterocycles. The first-order valence-electron chi connectivity index (χ1n) is 9.07. The van der Waals surface area contributed by atoms with Crippen molar-refractivity contribution in [2.45, 2.75) is 13.0 Å². The molecule has 2 aromatic carbocycles. The van der Waals surface area contributed by atoms with E-state index in [0.717, 1.165) is 11.8 Å². The van der Waals surface area contributed by atoms with Crippen LogP contribution in [0.15, 0.2) is 42.5 Å². The van der Waals surface area contributed by atoms with Gasteiger partial charge in [0, 0.05) is 6.07 Å². The van der Waals surface area contributed by atoms with Gasteiger partial charge in [0.1, 0.15) is 23.9 Å². The predicted molar refractivity (Wildman–Crippen MR) is 109 cm³/mol. The van der Waals surface area contributed by atoms with Crippen molar-refractivity contribution in [3.05, 3.63) is 48.0 Å². The molecule has 2 aromatic rings. The third-order valence-electron chi connectivity index (χ3n) is 4.39. The van der Waals surface area contributed by atoms with E-state index < -0.39 is 22.0 Å². The Balaban J connectivity index is 1.60. The third kappa shape index (κ3) is 5.11. The fraction of sp³-hybridized carbons (Fsp3) is 0.350. The van der Waals surface area contributed by atoms with E-state index in [9.17, 15) is 13.2 Å². The Labute approximate surface area is 170 Å². The van der Waals surface area contributed by atoms with E-state index in [4.69, 9.17) is 14.2 Å². The quantitative estimate of drug-likeness (QED) is 0.686. The number of aryl methyl sites for hydroxylation is 1. The fourth-order valence-corrected chi connectivity index (χ4v) is 3.87. The van der Waals surface area contributed by atoms with Gasteiger partial charge in [-0.2, -0.15) is 0 Å². The zero-order valence-corrected chi connectivity index (χ0v) is 17.4. The van der Waals surface area contributed by atoms with Crippen molar-refractivity contribution in [3.8, 4) is 17.2 Å². The molecule has 29 heavy (non-hydrogen) atoms. The standard InChI is InChI=1S/C20H24N2O6S/c1-14-7-8-17-18(11-14)28-19(13-22(17)29(3,24)25)20(23)21-9-10-27-16-6-4-5-15(12-16)26-2/h4-8,11-12,19H,9-10,13H2,1-3H3,(H,21,23)/t19-/m1/s1. The van der Waals surface area contributed by atoms with Crippen molar-refractivity contribution >= 4 is 21.6 Å². The summed E-state index contributed by atoms with van der Waals surface area (Å²) in [6.45, 7) is 2.28. The normalized spacial score (nSPS) is 15.8. The maximum Gasteiger partial charge on any atom is 0.263 e. The summed E-state index contributed by atoms with van der Waals surface area (Å²) in [4.78, 5) is 12.5. The Hall–Kier alpha value is -2.94. The highest BCUT2D eigenvalue weighted by molar-refractivity contribution is 7.92. The molecule has 9 heteroatoms. The van der Waals surface area contributed by atoms with E-state index in [2.05, 4.69) is 5.32 Å². The van der Waals surface area contributed by atoms with Crippen molar-refractivity contribution in [2.24, 2.45) is 0 Å². The van der Waals surface area contributed by atoms with E-state index in [1.165, 1.54) is 4.31 Å². The van der Waals surface area contributed by atoms with Crippen LogP contribution in [0.25, 0.3) is 0 Å². The smallest absolute Gasteiger partial charge is 0.263 e. The number of hydrogen-bond acceptors (Lipinski definition) is 6. The number of anilines is 1. The molecule has 1 N–H and O–H groups in total. The van der Waals surface area contributed by atoms with Gasteiger partial charge >= 0.3 is 0 Å². The van der Waals surface area contributed by atoms with E-state index in [1.54, 1.807) is 37.4 Å². The number of nitrogens with one attached hydrogen (secondary N) is 1. The maximum atomic E-state index is 12.5. The van der Waals surface area contributed by atoms with E-state index in [-0.39, 0.29) is 19.7 Å². The third-order valence-corrected chi connectivity index (χ3v) is 5.54. The number of hydrogen-bond donors (Lipinski definition) is 1. The Bertz CT molecular complexity index is 992. The SMILES string of the molecule is COc1cccc(OCCNC(=O)[C@H]2CN(S(C)(=O)=O)c3ccc(C)cc3O2)c1. The Morgan fingerprint density at radius 3 is 2.72 bits per heavy atom. The zero-order valence-electron chi connectivity index (χ0n) is 16.5. The molecule has 8 nitrogen and oxygen atoms in total. The van der Waals surface area contributed by atoms with Gasteiger partial charge in [-0.05, 0) is 36.8 Å². The van der Waals surface area contributed by atoms with Crippen LogP contribution < -0.4 is 23.8 Å². The number of carbonyl (C=O) groups excluding carboxylic acids is 1. The van der Waals surface area contributed by atoms with Gasteiger partial charge in [-0.1, -0.05) is 12.1 Å². The number of carbonyl (C=O) groups is 1. The molecule has 1 heterocycles. The van der Waals surface area contributed by atoms with Crippen LogP contribution in [0.4, 0.5) is 5.69 Å². The van der Waals surface area contributed by atoms with Crippen molar-refractivity contribution in [3.63, 3.8) is 0 Å². The van der Waals surface area contributed by atoms with Crippen molar-refractivity contribution in [1.82, 2.24) is 5.32 Å². The number of ether oxygens (including phenoxy) is 3. The Morgan fingerprint density at radius 1 is 1.24 bits per heavy atom. The van der Waals surface area contributed by atoms with Gasteiger partial charge in [-0.15, -0.1) is 0 Å². The van der Waals surface area contributed by atoms with Crippen LogP contribution in [0.1, 0.15) is 5.56 Å². The highest BCUT2D eigenvalue weighted by atomic mass is 32.2. The second-order valence-corrected chi connectivity index (χ2v) is 8.60. The maximum absolute atomic E-state index is 12.5. The largest absolute Gasteiger partial charge is 0.497 e. The number of benzene rings is 2. The summed E-state index contributed by atoms with van der Waals surface area (Å²) in [6, 6.07) is 12.4. The van der Waals surface area contributed by atoms with Gasteiger partial charge in [-0.25, -0.2) is 8.42 Å². The molecule has 3 rings (SSSR count). The second-order valence-electron chi connectivity index (χ2n) is 6.69. The molecule has 1 atom stereocenters. The number of nitrogens with zero attached hydrogens (tertiary/aromatic N) is 1. The molecule has 0 unspecified atom stereocenters. The molecular weight excluding hydrogens is 396 g/mol. The van der Waals surface area contributed by atoms with Crippen LogP contribution in [-0.2, 0) is 14.8 Å². The molecule has 0 saturated carbocycles. The number of fused-ring (bicyclic) bond motifs is 1. The number of rotatable bonds is 7. The molecule has 0 spiro atoms. The molecule has 156 valence electrons. The average Bonchev–Trinajstić information content (AvgIpc) is 2.69. The molecule has 0 saturated heterocycles. The average molecular weight is 420 g/mol. The van der Waals surface area contributed by atoms with Crippen LogP contribution >= 0.6 is 0 Å². The van der Waals surface area contributed by atoms with Gasteiger partial charge in [-0.3, -0.25) is 9.10 Å². The molecule has 0 aliphatic carbocycles. The highest BCUT2D eigenvalue weighted by Gasteiger charge is 2.34. The first kappa shape index (κ1) is 20.8. The molecule has 0 fully saturated rings. The summed E-state index contributed by atoms with van der Waals surface area (Å²) in [7, 11) is -1.98. The first-order chi connectivity index (χ1) is 13.8. The van der Waals surface area contributed by atoms with Gasteiger partial charge in [0.2, 0.25) is 10.0 Å². The summed E-state index contributed by atoms with van der Waals surface area (Å²) in [5.41, 5.74) is 1.34. The first-order valence-corrected chi connectivity index (χ1v) is 10.9. The molecule has 1 amide bonds. The van der Waals surface area contributed by atoms with Crippen molar-refractivity contribution in [2.75, 3.05) is 37.4 Å². The summed E-state index contributed by atoms with van der Waals surface area (Å²) in [5.74, 6) is 1.27. The molecule has 0 bridgehead atoms. The predicted octanol–water partition coefficient (Wildman–Crippen LogP) is 1.73. The van der Waals surface area contributed by atoms with Crippen LogP contribution in [0.3, 0.4) is 0 Å². The Kier molecular flexibility index (Phi) is 6.17. The van der Waals surface area contributed by atoms with Gasteiger partial charge in [0.25, 0.3) is 5.91 Å². The number of methoxy groups -OCH3 is 1. The van der Waals surface area contributed by atoms with Crippen LogP contribution in [0.2, 0.25) is 0 Å². The van der Waals surface area contributed by atoms with E-state index in [0.29, 0.717) is 22.9 Å². The monoisotopic (exact) mass is 420 g/mol. The molecule has 1 aliphatic rings. The second kappa shape index (κ2) is 8.60. The lowest BCUT2D eigenvalue weighted by Gasteiger charge is -2.34. The lowest BCUT2D eigenvalue weighted by Crippen LogP contribution is -2.51. The fourth-order valence-electron chi connectivity index (χ4n) is 2.96. The summed E-state index contributed by atoms with van der Waals surface area (Å²) in [6.07, 6.45) is 0.162. The lowest BCUT2D eigenvalue weighted by molar-refractivity contribution is -0.127. The highest BCUT2D eigenvalue weighted by Crippen LogP contribution is 2.35. The van der Waals surface area contributed by atoms with Crippen LogP contribution in [-0.4, -0.2) is 53.5 Å². The van der Waals surface area contributed by atoms with Gasteiger partial charge in [0.15, 0.2) is 6.10 Å². The molecule has 0 radical (unpaired) electrons. The van der Waals surface area contributed by atoms with Crippen molar-refractivity contribution in [1.29, 1.82) is 0 Å². The van der Waals surface area contributed by atoms with Crippen molar-refractivity contribution < 1.29 is 27.4 Å². The summed E-state index contributed by atoms with van der Waals surface area (Å²) < 4.78 is 42.1. The van der Waals surface area contributed by atoms with E-state index in [1.807, 2.05) is 19.1 Å². The van der Waals surface area contributed by atoms with Crippen LogP contribution in [0.5, 0.6) is 17.2 Å². The summed E-state index contributed by atoms with van der Waals surface area (Å²) in [5, 5.41) is 2.73. The number of amides is 1. The Morgan fingerprint density at radius 2 is 2.00 bits per heavy atom. The topological polar surface area (TPSA) is 94.2 Å². The van der Waals surface area contributed by atoms with E-state index >= 15 is 0 Å². The summed E-state index contributed by atoms with van der Waals surface area (Å²) >= 11 is 0. The minimum Gasteiger partial charge on any atom is -0.497 e. The molecular formula is C20H24N2O6S. The minimum atomic E-state index is -3.55. The van der Waals surface area contributed by atoms with Crippen LogP contribution in [0, 0.1) is 6.92 Å². The zero-order chi connectivity index (χ0) is 21.0. The minimum absolute atomic E-state index is 0.0858. The van der Waals surface area contributed by atoms with Gasteiger partial charge in [0.05, 0.1) is 32.1 Å². The molecule has 0 aromatic heterocycles. The number of sulfonamides is 1. The van der Waals surface area contributed by atoms with Gasteiger partial charge < -0.3 is 19.5 Å². The lowest BCUT2D eigenvalue weighted by atomic mass is 10.1.